The van der Waals surface area contributed by atoms with E-state index < -0.39 is 0 Å². The van der Waals surface area contributed by atoms with Crippen molar-refractivity contribution >= 4 is 16.8 Å². The first-order chi connectivity index (χ1) is 11.3. The minimum atomic E-state index is -0.0944. The molecule has 0 saturated carbocycles. The van der Waals surface area contributed by atoms with Gasteiger partial charge in [-0.2, -0.15) is 5.10 Å². The van der Waals surface area contributed by atoms with Crippen LogP contribution in [0.1, 0.15) is 27.3 Å². The van der Waals surface area contributed by atoms with Crippen LogP contribution < -0.4 is 10.6 Å². The van der Waals surface area contributed by atoms with Crippen molar-refractivity contribution < 1.29 is 4.79 Å². The fraction of sp³-hybridized carbons (Fsp3) is 0.294. The van der Waals surface area contributed by atoms with Gasteiger partial charge in [-0.05, 0) is 36.4 Å². The van der Waals surface area contributed by atoms with E-state index in [9.17, 15) is 4.79 Å². The topological polar surface area (TPSA) is 85.6 Å². The van der Waals surface area contributed by atoms with E-state index in [1.165, 1.54) is 10.9 Å². The number of carbonyl (C=O) groups is 1. The van der Waals surface area contributed by atoms with Crippen LogP contribution in [0.15, 0.2) is 30.5 Å². The second kappa shape index (κ2) is 5.89. The molecule has 0 fully saturated rings. The van der Waals surface area contributed by atoms with Gasteiger partial charge in [-0.1, -0.05) is 18.2 Å². The molecule has 4 rings (SSSR count). The van der Waals surface area contributed by atoms with E-state index in [4.69, 9.17) is 0 Å². The lowest BCUT2D eigenvalue weighted by Gasteiger charge is -2.12. The Morgan fingerprint density at radius 2 is 2.26 bits per heavy atom. The summed E-state index contributed by atoms with van der Waals surface area (Å²) in [6.45, 7) is 2.24. The number of benzene rings is 1. The third-order valence-corrected chi connectivity index (χ3v) is 4.37. The number of hydrogen-bond donors (Lipinski definition) is 4. The van der Waals surface area contributed by atoms with Gasteiger partial charge in [0.1, 0.15) is 0 Å². The molecule has 0 atom stereocenters. The number of nitrogens with zero attached hydrogens (tertiary/aromatic N) is 1. The van der Waals surface area contributed by atoms with Gasteiger partial charge in [0.05, 0.1) is 5.69 Å². The number of fused-ring (bicyclic) bond motifs is 2. The highest BCUT2D eigenvalue weighted by atomic mass is 16.1. The molecular weight excluding hydrogens is 290 g/mol. The summed E-state index contributed by atoms with van der Waals surface area (Å²) >= 11 is 0. The monoisotopic (exact) mass is 309 g/mol. The molecule has 0 radical (unpaired) electrons. The third kappa shape index (κ3) is 2.61. The Balaban J connectivity index is 1.42. The lowest BCUT2D eigenvalue weighted by Crippen LogP contribution is -2.29. The molecule has 0 saturated heterocycles. The smallest absolute Gasteiger partial charge is 0.272 e. The molecule has 118 valence electrons. The molecule has 6 heteroatoms. The van der Waals surface area contributed by atoms with Crippen LogP contribution in [0.4, 0.5) is 0 Å². The summed E-state index contributed by atoms with van der Waals surface area (Å²) in [5.74, 6) is -0.0944. The Labute approximate surface area is 133 Å². The van der Waals surface area contributed by atoms with Crippen molar-refractivity contribution in [1.82, 2.24) is 25.8 Å². The maximum absolute atomic E-state index is 12.4. The van der Waals surface area contributed by atoms with E-state index in [0.717, 1.165) is 42.7 Å². The van der Waals surface area contributed by atoms with E-state index in [0.29, 0.717) is 12.2 Å². The van der Waals surface area contributed by atoms with Gasteiger partial charge in [-0.25, -0.2) is 0 Å². The van der Waals surface area contributed by atoms with Crippen molar-refractivity contribution in [2.24, 2.45) is 0 Å². The van der Waals surface area contributed by atoms with Crippen molar-refractivity contribution in [3.8, 4) is 0 Å². The lowest BCUT2D eigenvalue weighted by molar-refractivity contribution is 0.0948. The van der Waals surface area contributed by atoms with Crippen molar-refractivity contribution in [3.05, 3.63) is 53.0 Å². The Morgan fingerprint density at radius 3 is 3.22 bits per heavy atom. The fourth-order valence-electron chi connectivity index (χ4n) is 3.18. The third-order valence-electron chi connectivity index (χ3n) is 4.37. The van der Waals surface area contributed by atoms with Gasteiger partial charge < -0.3 is 15.6 Å². The maximum atomic E-state index is 12.4. The summed E-state index contributed by atoms with van der Waals surface area (Å²) in [5.41, 5.74) is 4.97. The molecule has 1 aromatic carbocycles. The van der Waals surface area contributed by atoms with Gasteiger partial charge in [-0.3, -0.25) is 9.89 Å². The predicted octanol–water partition coefficient (Wildman–Crippen LogP) is 1.51. The summed E-state index contributed by atoms with van der Waals surface area (Å²) < 4.78 is 0. The SMILES string of the molecule is O=C(NCCc1cccc2cc[nH]c12)c1n[nH]c2c1CCNC2. The summed E-state index contributed by atoms with van der Waals surface area (Å²) in [6, 6.07) is 8.27. The number of H-pyrrole nitrogens is 2. The fourth-order valence-corrected chi connectivity index (χ4v) is 3.18. The van der Waals surface area contributed by atoms with Crippen LogP contribution >= 0.6 is 0 Å². The molecule has 0 unspecified atom stereocenters. The zero-order chi connectivity index (χ0) is 15.6. The maximum Gasteiger partial charge on any atom is 0.272 e. The molecule has 2 aromatic heterocycles. The molecule has 23 heavy (non-hydrogen) atoms. The first-order valence-corrected chi connectivity index (χ1v) is 7.93. The number of nitrogens with one attached hydrogen (secondary N) is 4. The zero-order valence-corrected chi connectivity index (χ0v) is 12.8. The molecule has 3 aromatic rings. The number of aromatic nitrogens is 3. The molecule has 1 aliphatic rings. The second-order valence-electron chi connectivity index (χ2n) is 5.82. The average Bonchev–Trinajstić information content (AvgIpc) is 3.22. The first-order valence-electron chi connectivity index (χ1n) is 7.93. The molecular formula is C17H19N5O. The van der Waals surface area contributed by atoms with Crippen LogP contribution in [0.3, 0.4) is 0 Å². The minimum Gasteiger partial charge on any atom is -0.361 e. The number of rotatable bonds is 4. The summed E-state index contributed by atoms with van der Waals surface area (Å²) in [4.78, 5) is 15.6. The van der Waals surface area contributed by atoms with Crippen LogP contribution in [0.5, 0.6) is 0 Å². The van der Waals surface area contributed by atoms with Crippen molar-refractivity contribution in [2.75, 3.05) is 13.1 Å². The van der Waals surface area contributed by atoms with Crippen molar-refractivity contribution in [3.63, 3.8) is 0 Å². The average molecular weight is 309 g/mol. The van der Waals surface area contributed by atoms with Gasteiger partial charge in [0.25, 0.3) is 5.91 Å². The van der Waals surface area contributed by atoms with E-state index in [1.54, 1.807) is 0 Å². The molecule has 0 spiro atoms. The molecule has 1 aliphatic heterocycles. The summed E-state index contributed by atoms with van der Waals surface area (Å²) in [6.07, 6.45) is 3.57. The van der Waals surface area contributed by atoms with E-state index >= 15 is 0 Å². The van der Waals surface area contributed by atoms with Crippen LogP contribution in [-0.2, 0) is 19.4 Å². The molecule has 0 bridgehead atoms. The first kappa shape index (κ1) is 14.0. The number of hydrogen-bond acceptors (Lipinski definition) is 3. The Kier molecular flexibility index (Phi) is 3.59. The largest absolute Gasteiger partial charge is 0.361 e. The van der Waals surface area contributed by atoms with E-state index in [1.807, 2.05) is 12.3 Å². The van der Waals surface area contributed by atoms with E-state index in [2.05, 4.69) is 44.0 Å². The number of carbonyl (C=O) groups excluding carboxylic acids is 1. The molecule has 0 aliphatic carbocycles. The Hall–Kier alpha value is -2.60. The molecule has 6 nitrogen and oxygen atoms in total. The van der Waals surface area contributed by atoms with Gasteiger partial charge in [-0.15, -0.1) is 0 Å². The molecule has 3 heterocycles. The quantitative estimate of drug-likeness (QED) is 0.589. The van der Waals surface area contributed by atoms with Crippen LogP contribution in [0.25, 0.3) is 10.9 Å². The van der Waals surface area contributed by atoms with Crippen LogP contribution in [0, 0.1) is 0 Å². The Morgan fingerprint density at radius 1 is 1.30 bits per heavy atom. The van der Waals surface area contributed by atoms with Crippen LogP contribution in [0.2, 0.25) is 0 Å². The highest BCUT2D eigenvalue weighted by Crippen LogP contribution is 2.17. The zero-order valence-electron chi connectivity index (χ0n) is 12.8. The predicted molar refractivity (Wildman–Crippen MR) is 88.3 cm³/mol. The number of aromatic amines is 2. The van der Waals surface area contributed by atoms with Gasteiger partial charge in [0.2, 0.25) is 0 Å². The minimum absolute atomic E-state index is 0.0944. The summed E-state index contributed by atoms with van der Waals surface area (Å²) in [7, 11) is 0. The highest BCUT2D eigenvalue weighted by Gasteiger charge is 2.21. The number of para-hydroxylation sites is 1. The lowest BCUT2D eigenvalue weighted by atomic mass is 10.1. The van der Waals surface area contributed by atoms with Crippen LogP contribution in [-0.4, -0.2) is 34.2 Å². The van der Waals surface area contributed by atoms with Gasteiger partial charge in [0, 0.05) is 30.4 Å². The molecule has 4 N–H and O–H groups in total. The van der Waals surface area contributed by atoms with E-state index in [-0.39, 0.29) is 5.91 Å². The number of amides is 1. The van der Waals surface area contributed by atoms with Crippen molar-refractivity contribution in [1.29, 1.82) is 0 Å². The standard InChI is InChI=1S/C17H19N5O/c23-17(16-13-6-7-18-10-14(13)21-22-16)20-9-5-12-3-1-2-11-4-8-19-15(11)12/h1-4,8,18-19H,5-7,9-10H2,(H,20,23)(H,21,22). The highest BCUT2D eigenvalue weighted by molar-refractivity contribution is 5.94. The van der Waals surface area contributed by atoms with Gasteiger partial charge in [0.15, 0.2) is 5.69 Å². The van der Waals surface area contributed by atoms with Gasteiger partial charge >= 0.3 is 0 Å². The summed E-state index contributed by atoms with van der Waals surface area (Å²) in [5, 5.41) is 14.6. The molecule has 1 amide bonds. The second-order valence-corrected chi connectivity index (χ2v) is 5.82. The normalized spacial score (nSPS) is 13.9. The Bertz CT molecular complexity index is 848. The van der Waals surface area contributed by atoms with Crippen molar-refractivity contribution in [2.45, 2.75) is 19.4 Å².